The van der Waals surface area contributed by atoms with Gasteiger partial charge in [0.25, 0.3) is 11.8 Å². The van der Waals surface area contributed by atoms with Gasteiger partial charge in [0.05, 0.1) is 7.11 Å². The molecule has 0 saturated carbocycles. The number of hydrogen-bond donors (Lipinski definition) is 1. The van der Waals surface area contributed by atoms with Gasteiger partial charge in [0.1, 0.15) is 17.9 Å². The molecule has 1 atom stereocenters. The van der Waals surface area contributed by atoms with E-state index < -0.39 is 30.5 Å². The predicted octanol–water partition coefficient (Wildman–Crippen LogP) is 2.06. The van der Waals surface area contributed by atoms with Crippen molar-refractivity contribution in [2.45, 2.75) is 11.0 Å². The third-order valence-electron chi connectivity index (χ3n) is 4.03. The third kappa shape index (κ3) is 5.00. The first-order valence-electron chi connectivity index (χ1n) is 8.63. The van der Waals surface area contributed by atoms with Crippen LogP contribution in [-0.2, 0) is 14.3 Å². The van der Waals surface area contributed by atoms with Crippen LogP contribution < -0.4 is 19.5 Å². The molecule has 0 spiro atoms. The Morgan fingerprint density at radius 1 is 1.17 bits per heavy atom. The van der Waals surface area contributed by atoms with E-state index in [1.807, 2.05) is 6.26 Å². The molecular formula is C20H19NO7S. The Balaban J connectivity index is 1.52. The van der Waals surface area contributed by atoms with Gasteiger partial charge in [0.2, 0.25) is 6.10 Å². The zero-order chi connectivity index (χ0) is 20.8. The van der Waals surface area contributed by atoms with Crippen molar-refractivity contribution in [1.82, 2.24) is 5.32 Å². The maximum atomic E-state index is 12.2. The van der Waals surface area contributed by atoms with Crippen molar-refractivity contribution in [3.63, 3.8) is 0 Å². The molecule has 8 nitrogen and oxygen atoms in total. The number of methoxy groups -OCH3 is 1. The van der Waals surface area contributed by atoms with Crippen LogP contribution in [0.2, 0.25) is 0 Å². The monoisotopic (exact) mass is 417 g/mol. The van der Waals surface area contributed by atoms with Crippen LogP contribution in [0.4, 0.5) is 0 Å². The van der Waals surface area contributed by atoms with Crippen molar-refractivity contribution in [3.8, 4) is 17.2 Å². The maximum absolute atomic E-state index is 12.2. The van der Waals surface area contributed by atoms with Gasteiger partial charge < -0.3 is 18.9 Å². The van der Waals surface area contributed by atoms with Gasteiger partial charge in [-0.15, -0.1) is 11.8 Å². The predicted molar refractivity (Wildman–Crippen MR) is 105 cm³/mol. The van der Waals surface area contributed by atoms with Crippen molar-refractivity contribution in [1.29, 1.82) is 0 Å². The van der Waals surface area contributed by atoms with Gasteiger partial charge >= 0.3 is 5.97 Å². The molecule has 152 valence electrons. The normalized spacial score (nSPS) is 14.6. The standard InChI is InChI=1S/C20H19NO7S/c1-25-16-9-12(29-2)7-8-13(16)20(24)27-11-18(22)21-19(23)17-10-26-14-5-3-4-6-15(14)28-17/h3-9,17H,10-11H2,1-2H3,(H,21,22,23). The lowest BCUT2D eigenvalue weighted by atomic mass is 10.2. The molecular weight excluding hydrogens is 398 g/mol. The van der Waals surface area contributed by atoms with Crippen molar-refractivity contribution >= 4 is 29.5 Å². The van der Waals surface area contributed by atoms with Crippen molar-refractivity contribution in [3.05, 3.63) is 48.0 Å². The van der Waals surface area contributed by atoms with E-state index in [2.05, 4.69) is 5.32 Å². The summed E-state index contributed by atoms with van der Waals surface area (Å²) >= 11 is 1.50. The summed E-state index contributed by atoms with van der Waals surface area (Å²) in [5.41, 5.74) is 0.185. The first kappa shape index (κ1) is 20.5. The Morgan fingerprint density at radius 3 is 2.66 bits per heavy atom. The first-order chi connectivity index (χ1) is 14.0. The van der Waals surface area contributed by atoms with Crippen LogP contribution >= 0.6 is 11.8 Å². The zero-order valence-corrected chi connectivity index (χ0v) is 16.6. The summed E-state index contributed by atoms with van der Waals surface area (Å²) in [5, 5.41) is 2.14. The summed E-state index contributed by atoms with van der Waals surface area (Å²) in [5.74, 6) is -0.905. The second-order valence-corrected chi connectivity index (χ2v) is 6.80. The zero-order valence-electron chi connectivity index (χ0n) is 15.8. The van der Waals surface area contributed by atoms with E-state index in [1.54, 1.807) is 42.5 Å². The highest BCUT2D eigenvalue weighted by molar-refractivity contribution is 7.98. The summed E-state index contributed by atoms with van der Waals surface area (Å²) in [6.45, 7) is -0.656. The van der Waals surface area contributed by atoms with E-state index in [9.17, 15) is 14.4 Å². The maximum Gasteiger partial charge on any atom is 0.342 e. The number of esters is 1. The van der Waals surface area contributed by atoms with Crippen molar-refractivity contribution in [2.24, 2.45) is 0 Å². The number of nitrogens with one attached hydrogen (secondary N) is 1. The molecule has 0 aromatic heterocycles. The number of carbonyl (C=O) groups is 3. The minimum atomic E-state index is -0.983. The second-order valence-electron chi connectivity index (χ2n) is 5.92. The fourth-order valence-corrected chi connectivity index (χ4v) is 3.01. The Morgan fingerprint density at radius 2 is 1.93 bits per heavy atom. The quantitative estimate of drug-likeness (QED) is 0.563. The molecule has 1 aliphatic rings. The van der Waals surface area contributed by atoms with Gasteiger partial charge in [-0.25, -0.2) is 4.79 Å². The molecule has 1 heterocycles. The second kappa shape index (κ2) is 9.33. The third-order valence-corrected chi connectivity index (χ3v) is 4.75. The minimum absolute atomic E-state index is 0.0328. The molecule has 2 aromatic carbocycles. The molecule has 29 heavy (non-hydrogen) atoms. The van der Waals surface area contributed by atoms with E-state index >= 15 is 0 Å². The molecule has 0 bridgehead atoms. The highest BCUT2D eigenvalue weighted by Crippen LogP contribution is 2.30. The fourth-order valence-electron chi connectivity index (χ4n) is 2.58. The highest BCUT2D eigenvalue weighted by atomic mass is 32.2. The molecule has 0 fully saturated rings. The number of benzene rings is 2. The molecule has 1 N–H and O–H groups in total. The van der Waals surface area contributed by atoms with Gasteiger partial charge in [-0.05, 0) is 36.6 Å². The van der Waals surface area contributed by atoms with Crippen LogP contribution in [0.5, 0.6) is 17.2 Å². The van der Waals surface area contributed by atoms with E-state index in [-0.39, 0.29) is 12.2 Å². The van der Waals surface area contributed by atoms with Gasteiger partial charge in [-0.2, -0.15) is 0 Å². The Kier molecular flexibility index (Phi) is 6.61. The molecule has 0 radical (unpaired) electrons. The number of amides is 2. The minimum Gasteiger partial charge on any atom is -0.496 e. The van der Waals surface area contributed by atoms with E-state index in [4.69, 9.17) is 18.9 Å². The number of carbonyl (C=O) groups excluding carboxylic acids is 3. The summed E-state index contributed by atoms with van der Waals surface area (Å²) in [6.07, 6.45) is 0.914. The number of imide groups is 1. The Labute approximate surface area is 171 Å². The average Bonchev–Trinajstić information content (AvgIpc) is 2.76. The van der Waals surface area contributed by atoms with E-state index in [1.165, 1.54) is 18.9 Å². The fraction of sp³-hybridized carbons (Fsp3) is 0.250. The van der Waals surface area contributed by atoms with Crippen LogP contribution in [-0.4, -0.2) is 50.5 Å². The molecule has 0 aliphatic carbocycles. The molecule has 0 saturated heterocycles. The molecule has 2 amide bonds. The lowest BCUT2D eigenvalue weighted by Gasteiger charge is -2.25. The molecule has 3 rings (SSSR count). The lowest BCUT2D eigenvalue weighted by Crippen LogP contribution is -2.47. The Bertz CT molecular complexity index is 931. The van der Waals surface area contributed by atoms with Crippen LogP contribution in [0.3, 0.4) is 0 Å². The Hall–Kier alpha value is -3.20. The smallest absolute Gasteiger partial charge is 0.342 e. The number of thioether (sulfide) groups is 1. The van der Waals surface area contributed by atoms with Gasteiger partial charge in [-0.3, -0.25) is 14.9 Å². The largest absolute Gasteiger partial charge is 0.496 e. The van der Waals surface area contributed by atoms with Crippen LogP contribution in [0.25, 0.3) is 0 Å². The lowest BCUT2D eigenvalue weighted by molar-refractivity contribution is -0.137. The molecule has 2 aromatic rings. The SMILES string of the molecule is COc1cc(SC)ccc1C(=O)OCC(=O)NC(=O)C1COc2ccccc2O1. The van der Waals surface area contributed by atoms with Gasteiger partial charge in [0, 0.05) is 4.90 Å². The molecule has 1 aliphatic heterocycles. The van der Waals surface area contributed by atoms with Gasteiger partial charge in [-0.1, -0.05) is 12.1 Å². The van der Waals surface area contributed by atoms with Gasteiger partial charge in [0.15, 0.2) is 18.1 Å². The molecule has 1 unspecified atom stereocenters. The molecule has 9 heteroatoms. The van der Waals surface area contributed by atoms with E-state index in [0.717, 1.165) is 4.90 Å². The highest BCUT2D eigenvalue weighted by Gasteiger charge is 2.28. The van der Waals surface area contributed by atoms with Crippen molar-refractivity contribution < 1.29 is 33.3 Å². The number of fused-ring (bicyclic) bond motifs is 1. The first-order valence-corrected chi connectivity index (χ1v) is 9.85. The summed E-state index contributed by atoms with van der Waals surface area (Å²) in [6, 6.07) is 11.9. The summed E-state index contributed by atoms with van der Waals surface area (Å²) < 4.78 is 21.1. The number of rotatable bonds is 6. The number of para-hydroxylation sites is 2. The van der Waals surface area contributed by atoms with Crippen LogP contribution in [0, 0.1) is 0 Å². The summed E-state index contributed by atoms with van der Waals surface area (Å²) in [7, 11) is 1.44. The number of ether oxygens (including phenoxy) is 4. The topological polar surface area (TPSA) is 100 Å². The average molecular weight is 417 g/mol. The summed E-state index contributed by atoms with van der Waals surface area (Å²) in [4.78, 5) is 37.3. The van der Waals surface area contributed by atoms with Crippen molar-refractivity contribution in [2.75, 3.05) is 26.6 Å². The van der Waals surface area contributed by atoms with Crippen LogP contribution in [0.15, 0.2) is 47.4 Å². The van der Waals surface area contributed by atoms with E-state index in [0.29, 0.717) is 17.2 Å². The number of hydrogen-bond acceptors (Lipinski definition) is 8. The van der Waals surface area contributed by atoms with Crippen LogP contribution in [0.1, 0.15) is 10.4 Å².